The maximum absolute atomic E-state index is 12.1. The van der Waals surface area contributed by atoms with Gasteiger partial charge in [-0.2, -0.15) is 0 Å². The molecule has 1 aromatic heterocycles. The SMILES string of the molecule is CCCS(=O)(=O)N1CCC(NC(=O)c2sccc2Br)CC1. The monoisotopic (exact) mass is 394 g/mol. The molecular formula is C13H19BrN2O3S2. The molecule has 1 N–H and O–H groups in total. The Balaban J connectivity index is 1.87. The Morgan fingerprint density at radius 3 is 2.67 bits per heavy atom. The number of piperidine rings is 1. The highest BCUT2D eigenvalue weighted by Gasteiger charge is 2.28. The quantitative estimate of drug-likeness (QED) is 0.833. The zero-order valence-electron chi connectivity index (χ0n) is 11.8. The van der Waals surface area contributed by atoms with Crippen molar-refractivity contribution in [1.82, 2.24) is 9.62 Å². The molecule has 0 radical (unpaired) electrons. The number of rotatable bonds is 5. The number of nitrogens with one attached hydrogen (secondary N) is 1. The largest absolute Gasteiger partial charge is 0.348 e. The van der Waals surface area contributed by atoms with Gasteiger partial charge in [0, 0.05) is 23.6 Å². The van der Waals surface area contributed by atoms with E-state index >= 15 is 0 Å². The van der Waals surface area contributed by atoms with Crippen LogP contribution in [0.5, 0.6) is 0 Å². The van der Waals surface area contributed by atoms with Crippen molar-refractivity contribution in [2.75, 3.05) is 18.8 Å². The number of carbonyl (C=O) groups excluding carboxylic acids is 1. The van der Waals surface area contributed by atoms with Gasteiger partial charge in [-0.25, -0.2) is 12.7 Å². The second-order valence-electron chi connectivity index (χ2n) is 5.06. The lowest BCUT2D eigenvalue weighted by atomic mass is 10.1. The van der Waals surface area contributed by atoms with Crippen LogP contribution in [-0.2, 0) is 10.0 Å². The molecule has 2 heterocycles. The first-order valence-electron chi connectivity index (χ1n) is 6.95. The average molecular weight is 395 g/mol. The zero-order chi connectivity index (χ0) is 15.5. The lowest BCUT2D eigenvalue weighted by Gasteiger charge is -2.31. The molecule has 21 heavy (non-hydrogen) atoms. The lowest BCUT2D eigenvalue weighted by Crippen LogP contribution is -2.46. The smallest absolute Gasteiger partial charge is 0.262 e. The molecule has 0 bridgehead atoms. The van der Waals surface area contributed by atoms with Crippen LogP contribution in [0.1, 0.15) is 35.9 Å². The molecule has 0 aliphatic carbocycles. The van der Waals surface area contributed by atoms with E-state index in [4.69, 9.17) is 0 Å². The highest BCUT2D eigenvalue weighted by molar-refractivity contribution is 9.10. The molecule has 1 fully saturated rings. The minimum absolute atomic E-state index is 0.0413. The van der Waals surface area contributed by atoms with Crippen LogP contribution in [0.2, 0.25) is 0 Å². The molecule has 1 saturated heterocycles. The Hall–Kier alpha value is -0.440. The van der Waals surface area contributed by atoms with Crippen molar-refractivity contribution in [2.45, 2.75) is 32.2 Å². The van der Waals surface area contributed by atoms with Crippen LogP contribution in [0.4, 0.5) is 0 Å². The number of halogens is 1. The van der Waals surface area contributed by atoms with Crippen LogP contribution in [0.15, 0.2) is 15.9 Å². The van der Waals surface area contributed by atoms with E-state index in [1.807, 2.05) is 18.4 Å². The van der Waals surface area contributed by atoms with Crippen LogP contribution >= 0.6 is 27.3 Å². The lowest BCUT2D eigenvalue weighted by molar-refractivity contribution is 0.0927. The molecule has 1 amide bonds. The van der Waals surface area contributed by atoms with E-state index in [9.17, 15) is 13.2 Å². The molecule has 0 atom stereocenters. The summed E-state index contributed by atoms with van der Waals surface area (Å²) in [5.41, 5.74) is 0. The zero-order valence-corrected chi connectivity index (χ0v) is 15.1. The maximum Gasteiger partial charge on any atom is 0.262 e. The van der Waals surface area contributed by atoms with Gasteiger partial charge in [0.2, 0.25) is 10.0 Å². The van der Waals surface area contributed by atoms with Crippen molar-refractivity contribution in [3.8, 4) is 0 Å². The average Bonchev–Trinajstić information content (AvgIpc) is 2.85. The van der Waals surface area contributed by atoms with Gasteiger partial charge in [0.1, 0.15) is 4.88 Å². The second-order valence-corrected chi connectivity index (χ2v) is 8.92. The van der Waals surface area contributed by atoms with Gasteiger partial charge < -0.3 is 5.32 Å². The van der Waals surface area contributed by atoms with Crippen molar-refractivity contribution in [3.05, 3.63) is 20.8 Å². The van der Waals surface area contributed by atoms with Crippen LogP contribution in [0, 0.1) is 0 Å². The predicted molar refractivity (Wildman–Crippen MR) is 88.2 cm³/mol. The third-order valence-corrected chi connectivity index (χ3v) is 7.38. The van der Waals surface area contributed by atoms with Crippen molar-refractivity contribution >= 4 is 43.2 Å². The van der Waals surface area contributed by atoms with Crippen molar-refractivity contribution in [1.29, 1.82) is 0 Å². The van der Waals surface area contributed by atoms with Gasteiger partial charge >= 0.3 is 0 Å². The Kier molecular flexibility index (Phi) is 5.81. The molecule has 0 spiro atoms. The molecule has 2 rings (SSSR count). The molecule has 0 saturated carbocycles. The Labute approximate surface area is 137 Å². The van der Waals surface area contributed by atoms with Crippen molar-refractivity contribution in [2.24, 2.45) is 0 Å². The normalized spacial score (nSPS) is 17.8. The van der Waals surface area contributed by atoms with E-state index in [0.29, 0.717) is 37.2 Å². The fraction of sp³-hybridized carbons (Fsp3) is 0.615. The molecular weight excluding hydrogens is 376 g/mol. The number of carbonyl (C=O) groups is 1. The summed E-state index contributed by atoms with van der Waals surface area (Å²) in [6.07, 6.45) is 1.96. The van der Waals surface area contributed by atoms with Crippen LogP contribution in [0.3, 0.4) is 0 Å². The summed E-state index contributed by atoms with van der Waals surface area (Å²) in [6, 6.07) is 1.89. The van der Waals surface area contributed by atoms with Crippen molar-refractivity contribution < 1.29 is 13.2 Å². The number of hydrogen-bond acceptors (Lipinski definition) is 4. The summed E-state index contributed by atoms with van der Waals surface area (Å²) >= 11 is 4.74. The number of sulfonamides is 1. The van der Waals surface area contributed by atoms with E-state index in [1.165, 1.54) is 11.3 Å². The topological polar surface area (TPSA) is 66.5 Å². The fourth-order valence-electron chi connectivity index (χ4n) is 2.37. The molecule has 5 nitrogen and oxygen atoms in total. The Bertz CT molecular complexity index is 592. The van der Waals surface area contributed by atoms with Crippen molar-refractivity contribution in [3.63, 3.8) is 0 Å². The molecule has 118 valence electrons. The van der Waals surface area contributed by atoms with E-state index in [1.54, 1.807) is 4.31 Å². The van der Waals surface area contributed by atoms with E-state index in [2.05, 4.69) is 21.2 Å². The standard InChI is InChI=1S/C13H19BrN2O3S2/c1-2-9-21(18,19)16-6-3-10(4-7-16)15-13(17)12-11(14)5-8-20-12/h5,8,10H,2-4,6-7,9H2,1H3,(H,15,17). The summed E-state index contributed by atoms with van der Waals surface area (Å²) in [7, 11) is -3.12. The summed E-state index contributed by atoms with van der Waals surface area (Å²) < 4.78 is 26.3. The van der Waals surface area contributed by atoms with E-state index in [-0.39, 0.29) is 17.7 Å². The molecule has 0 aromatic carbocycles. The molecule has 0 unspecified atom stereocenters. The van der Waals surface area contributed by atoms with Gasteiger partial charge in [-0.05, 0) is 46.6 Å². The first-order valence-corrected chi connectivity index (χ1v) is 10.2. The van der Waals surface area contributed by atoms with Gasteiger partial charge in [0.25, 0.3) is 5.91 Å². The number of nitrogens with zero attached hydrogens (tertiary/aromatic N) is 1. The number of hydrogen-bond donors (Lipinski definition) is 1. The first kappa shape index (κ1) is 16.9. The third-order valence-electron chi connectivity index (χ3n) is 3.47. The minimum atomic E-state index is -3.12. The van der Waals surface area contributed by atoms with Gasteiger partial charge in [-0.1, -0.05) is 6.92 Å². The predicted octanol–water partition coefficient (Wildman–Crippen LogP) is 2.44. The fourth-order valence-corrected chi connectivity index (χ4v) is 5.37. The summed E-state index contributed by atoms with van der Waals surface area (Å²) in [5, 5.41) is 4.85. The highest BCUT2D eigenvalue weighted by Crippen LogP contribution is 2.23. The minimum Gasteiger partial charge on any atom is -0.348 e. The highest BCUT2D eigenvalue weighted by atomic mass is 79.9. The van der Waals surface area contributed by atoms with E-state index in [0.717, 1.165) is 4.47 Å². The van der Waals surface area contributed by atoms with Crippen LogP contribution in [-0.4, -0.2) is 43.5 Å². The number of amides is 1. The summed E-state index contributed by atoms with van der Waals surface area (Å²) in [6.45, 7) is 2.83. The van der Waals surface area contributed by atoms with E-state index < -0.39 is 10.0 Å². The second kappa shape index (κ2) is 7.21. The van der Waals surface area contributed by atoms with Gasteiger partial charge in [-0.3, -0.25) is 4.79 Å². The Morgan fingerprint density at radius 1 is 1.48 bits per heavy atom. The third kappa shape index (κ3) is 4.28. The first-order chi connectivity index (χ1) is 9.94. The summed E-state index contributed by atoms with van der Waals surface area (Å²) in [5.74, 6) is 0.110. The molecule has 1 aromatic rings. The van der Waals surface area contributed by atoms with Gasteiger partial charge in [-0.15, -0.1) is 11.3 Å². The van der Waals surface area contributed by atoms with Gasteiger partial charge in [0.05, 0.1) is 5.75 Å². The van der Waals surface area contributed by atoms with Gasteiger partial charge in [0.15, 0.2) is 0 Å². The molecule has 8 heteroatoms. The summed E-state index contributed by atoms with van der Waals surface area (Å²) in [4.78, 5) is 12.8. The Morgan fingerprint density at radius 2 is 2.14 bits per heavy atom. The van der Waals surface area contributed by atoms with Crippen LogP contribution < -0.4 is 5.32 Å². The molecule has 1 aliphatic rings. The molecule has 1 aliphatic heterocycles. The maximum atomic E-state index is 12.1. The number of thiophene rings is 1. The van der Waals surface area contributed by atoms with Crippen LogP contribution in [0.25, 0.3) is 0 Å².